The molecule has 1 rings (SSSR count). The maximum Gasteiger partial charge on any atom is 0.324 e. The Morgan fingerprint density at radius 1 is 1.62 bits per heavy atom. The van der Waals surface area contributed by atoms with Crippen LogP contribution in [-0.2, 0) is 9.59 Å². The van der Waals surface area contributed by atoms with Gasteiger partial charge in [0.1, 0.15) is 6.04 Å². The van der Waals surface area contributed by atoms with Gasteiger partial charge in [-0.2, -0.15) is 0 Å². The SMILES string of the molecule is CCN1C(=O)NC(CC(N)=O)C1=O. The third-order valence-corrected chi connectivity index (χ3v) is 1.83. The number of urea groups is 1. The minimum Gasteiger partial charge on any atom is -0.370 e. The largest absolute Gasteiger partial charge is 0.370 e. The first-order valence-electron chi connectivity index (χ1n) is 3.96. The fourth-order valence-corrected chi connectivity index (χ4v) is 1.22. The highest BCUT2D eigenvalue weighted by Gasteiger charge is 2.37. The maximum atomic E-state index is 11.3. The predicted molar refractivity (Wildman–Crippen MR) is 43.5 cm³/mol. The van der Waals surface area contributed by atoms with Gasteiger partial charge in [-0.25, -0.2) is 4.79 Å². The molecule has 0 bridgehead atoms. The van der Waals surface area contributed by atoms with E-state index in [0.717, 1.165) is 4.90 Å². The predicted octanol–water partition coefficient (Wildman–Crippen LogP) is -1.20. The molecule has 0 saturated carbocycles. The number of nitrogens with one attached hydrogen (secondary N) is 1. The Kier molecular flexibility index (Phi) is 2.50. The number of likely N-dealkylation sites (N-methyl/N-ethyl adjacent to an activating group) is 1. The molecule has 0 aromatic rings. The van der Waals surface area contributed by atoms with E-state index in [1.807, 2.05) is 0 Å². The van der Waals surface area contributed by atoms with Gasteiger partial charge < -0.3 is 11.1 Å². The van der Waals surface area contributed by atoms with Gasteiger partial charge in [0, 0.05) is 6.54 Å². The highest BCUT2D eigenvalue weighted by Crippen LogP contribution is 2.07. The summed E-state index contributed by atoms with van der Waals surface area (Å²) in [6.45, 7) is 1.99. The molecule has 1 atom stereocenters. The first kappa shape index (κ1) is 9.50. The van der Waals surface area contributed by atoms with Gasteiger partial charge in [-0.1, -0.05) is 0 Å². The molecule has 72 valence electrons. The highest BCUT2D eigenvalue weighted by molar-refractivity contribution is 6.05. The molecule has 1 saturated heterocycles. The lowest BCUT2D eigenvalue weighted by Gasteiger charge is -2.08. The molecular formula is C7H11N3O3. The Morgan fingerprint density at radius 2 is 2.23 bits per heavy atom. The Morgan fingerprint density at radius 3 is 2.62 bits per heavy atom. The lowest BCUT2D eigenvalue weighted by molar-refractivity contribution is -0.129. The van der Waals surface area contributed by atoms with E-state index < -0.39 is 18.0 Å². The van der Waals surface area contributed by atoms with Crippen molar-refractivity contribution >= 4 is 17.8 Å². The molecule has 13 heavy (non-hydrogen) atoms. The van der Waals surface area contributed by atoms with Gasteiger partial charge in [-0.15, -0.1) is 0 Å². The number of carbonyl (C=O) groups is 3. The van der Waals surface area contributed by atoms with E-state index in [2.05, 4.69) is 5.32 Å². The molecule has 6 heteroatoms. The summed E-state index contributed by atoms with van der Waals surface area (Å²) in [5, 5.41) is 2.37. The van der Waals surface area contributed by atoms with Crippen molar-refractivity contribution in [3.05, 3.63) is 0 Å². The molecule has 0 spiro atoms. The molecule has 0 radical (unpaired) electrons. The first-order chi connectivity index (χ1) is 6.06. The molecule has 0 aromatic carbocycles. The second-order valence-corrected chi connectivity index (χ2v) is 2.76. The van der Waals surface area contributed by atoms with Gasteiger partial charge in [-0.05, 0) is 6.92 Å². The topological polar surface area (TPSA) is 92.5 Å². The van der Waals surface area contributed by atoms with Crippen LogP contribution in [-0.4, -0.2) is 35.3 Å². The maximum absolute atomic E-state index is 11.3. The van der Waals surface area contributed by atoms with Gasteiger partial charge in [0.15, 0.2) is 0 Å². The van der Waals surface area contributed by atoms with E-state index in [-0.39, 0.29) is 12.3 Å². The summed E-state index contributed by atoms with van der Waals surface area (Å²) in [5.41, 5.74) is 4.91. The number of amides is 4. The molecule has 1 aliphatic rings. The van der Waals surface area contributed by atoms with Crippen LogP contribution < -0.4 is 11.1 Å². The van der Waals surface area contributed by atoms with Gasteiger partial charge in [0.2, 0.25) is 5.91 Å². The monoisotopic (exact) mass is 185 g/mol. The van der Waals surface area contributed by atoms with E-state index >= 15 is 0 Å². The Balaban J connectivity index is 2.67. The van der Waals surface area contributed by atoms with Crippen LogP contribution in [0.2, 0.25) is 0 Å². The summed E-state index contributed by atoms with van der Waals surface area (Å²) < 4.78 is 0. The Hall–Kier alpha value is -1.59. The highest BCUT2D eigenvalue weighted by atomic mass is 16.2. The number of hydrogen-bond acceptors (Lipinski definition) is 3. The fourth-order valence-electron chi connectivity index (χ4n) is 1.22. The van der Waals surface area contributed by atoms with Crippen LogP contribution in [0.5, 0.6) is 0 Å². The van der Waals surface area contributed by atoms with Crippen molar-refractivity contribution in [3.8, 4) is 0 Å². The average Bonchev–Trinajstić information content (AvgIpc) is 2.26. The fraction of sp³-hybridized carbons (Fsp3) is 0.571. The van der Waals surface area contributed by atoms with Crippen molar-refractivity contribution in [2.75, 3.05) is 6.54 Å². The summed E-state index contributed by atoms with van der Waals surface area (Å²) in [5.74, 6) is -0.983. The van der Waals surface area contributed by atoms with Gasteiger partial charge in [0.25, 0.3) is 5.91 Å². The van der Waals surface area contributed by atoms with Gasteiger partial charge in [-0.3, -0.25) is 14.5 Å². The van der Waals surface area contributed by atoms with Crippen LogP contribution >= 0.6 is 0 Å². The lowest BCUT2D eigenvalue weighted by atomic mass is 10.2. The summed E-state index contributed by atoms with van der Waals surface area (Å²) in [7, 11) is 0. The Labute approximate surface area is 75.1 Å². The van der Waals surface area contributed by atoms with Crippen LogP contribution in [0.1, 0.15) is 13.3 Å². The number of nitrogens with zero attached hydrogens (tertiary/aromatic N) is 1. The summed E-state index contributed by atoms with van der Waals surface area (Å²) in [6, 6.07) is -1.23. The third kappa shape index (κ3) is 1.77. The second-order valence-electron chi connectivity index (χ2n) is 2.76. The standard InChI is InChI=1S/C7H11N3O3/c1-2-10-6(12)4(3-5(8)11)9-7(10)13/h4H,2-3H2,1H3,(H2,8,11)(H,9,13). The van der Waals surface area contributed by atoms with Crippen LogP contribution in [0.3, 0.4) is 0 Å². The molecular weight excluding hydrogens is 174 g/mol. The van der Waals surface area contributed by atoms with E-state index in [0.29, 0.717) is 6.54 Å². The second kappa shape index (κ2) is 3.42. The molecule has 6 nitrogen and oxygen atoms in total. The van der Waals surface area contributed by atoms with Gasteiger partial charge in [0.05, 0.1) is 6.42 Å². The van der Waals surface area contributed by atoms with Crippen LogP contribution in [0.15, 0.2) is 0 Å². The van der Waals surface area contributed by atoms with Crippen molar-refractivity contribution in [1.82, 2.24) is 10.2 Å². The number of rotatable bonds is 3. The van der Waals surface area contributed by atoms with Crippen molar-refractivity contribution in [2.24, 2.45) is 5.73 Å². The van der Waals surface area contributed by atoms with Crippen LogP contribution in [0, 0.1) is 0 Å². The number of imide groups is 1. The third-order valence-electron chi connectivity index (χ3n) is 1.83. The van der Waals surface area contributed by atoms with Crippen molar-refractivity contribution in [2.45, 2.75) is 19.4 Å². The molecule has 1 heterocycles. The number of primary amides is 1. The number of hydrogen-bond donors (Lipinski definition) is 2. The molecule has 1 unspecified atom stereocenters. The first-order valence-corrected chi connectivity index (χ1v) is 3.96. The van der Waals surface area contributed by atoms with E-state index in [4.69, 9.17) is 5.73 Å². The van der Waals surface area contributed by atoms with E-state index in [1.165, 1.54) is 0 Å². The molecule has 4 amide bonds. The lowest BCUT2D eigenvalue weighted by Crippen LogP contribution is -2.34. The zero-order valence-electron chi connectivity index (χ0n) is 7.24. The van der Waals surface area contributed by atoms with Crippen molar-refractivity contribution in [3.63, 3.8) is 0 Å². The molecule has 1 fully saturated rings. The smallest absolute Gasteiger partial charge is 0.324 e. The van der Waals surface area contributed by atoms with E-state index in [1.54, 1.807) is 6.92 Å². The van der Waals surface area contributed by atoms with Crippen molar-refractivity contribution in [1.29, 1.82) is 0 Å². The summed E-state index contributed by atoms with van der Waals surface area (Å²) in [4.78, 5) is 33.9. The Bertz CT molecular complexity index is 264. The van der Waals surface area contributed by atoms with Crippen LogP contribution in [0.25, 0.3) is 0 Å². The normalized spacial score (nSPS) is 21.9. The van der Waals surface area contributed by atoms with Crippen molar-refractivity contribution < 1.29 is 14.4 Å². The minimum atomic E-state index is -0.773. The zero-order chi connectivity index (χ0) is 10.0. The van der Waals surface area contributed by atoms with Gasteiger partial charge >= 0.3 is 6.03 Å². The summed E-state index contributed by atoms with van der Waals surface area (Å²) in [6.07, 6.45) is -0.138. The summed E-state index contributed by atoms with van der Waals surface area (Å²) >= 11 is 0. The molecule has 0 aliphatic carbocycles. The van der Waals surface area contributed by atoms with Crippen LogP contribution in [0.4, 0.5) is 4.79 Å². The molecule has 3 N–H and O–H groups in total. The molecule has 1 aliphatic heterocycles. The molecule has 0 aromatic heterocycles. The quantitative estimate of drug-likeness (QED) is 0.541. The number of carbonyl (C=O) groups excluding carboxylic acids is 3. The minimum absolute atomic E-state index is 0.138. The van der Waals surface area contributed by atoms with E-state index in [9.17, 15) is 14.4 Å². The zero-order valence-corrected chi connectivity index (χ0v) is 7.24. The number of nitrogens with two attached hydrogens (primary N) is 1. The average molecular weight is 185 g/mol.